The van der Waals surface area contributed by atoms with Gasteiger partial charge in [0.25, 0.3) is 0 Å². The van der Waals surface area contributed by atoms with Crippen molar-refractivity contribution in [2.75, 3.05) is 26.2 Å². The number of hydrogen-bond acceptors (Lipinski definition) is 5. The molecule has 3 rings (SSSR count). The fraction of sp³-hybridized carbons (Fsp3) is 0.471. The van der Waals surface area contributed by atoms with E-state index in [1.165, 1.54) is 6.20 Å². The highest BCUT2D eigenvalue weighted by atomic mass is 16.2. The van der Waals surface area contributed by atoms with Gasteiger partial charge < -0.3 is 20.9 Å². The van der Waals surface area contributed by atoms with Gasteiger partial charge in [-0.3, -0.25) is 9.79 Å². The predicted octanol–water partition coefficient (Wildman–Crippen LogP) is 0.583. The monoisotopic (exact) mass is 328 g/mol. The van der Waals surface area contributed by atoms with E-state index in [0.717, 1.165) is 44.5 Å². The van der Waals surface area contributed by atoms with Crippen molar-refractivity contribution in [1.82, 2.24) is 15.1 Å². The summed E-state index contributed by atoms with van der Waals surface area (Å²) in [6.07, 6.45) is 8.26. The van der Waals surface area contributed by atoms with Crippen LogP contribution >= 0.6 is 0 Å². The first-order valence-electron chi connectivity index (χ1n) is 8.21. The van der Waals surface area contributed by atoms with Gasteiger partial charge in [0.2, 0.25) is 5.91 Å². The Bertz CT molecular complexity index is 649. The van der Waals surface area contributed by atoms with Crippen molar-refractivity contribution in [3.8, 4) is 0 Å². The van der Waals surface area contributed by atoms with Crippen molar-refractivity contribution in [3.63, 3.8) is 0 Å². The zero-order valence-electron chi connectivity index (χ0n) is 13.9. The zero-order valence-corrected chi connectivity index (χ0v) is 13.9. The van der Waals surface area contributed by atoms with Crippen molar-refractivity contribution in [3.05, 3.63) is 36.4 Å². The molecule has 24 heavy (non-hydrogen) atoms. The summed E-state index contributed by atoms with van der Waals surface area (Å²) >= 11 is 0. The molecule has 3 aliphatic rings. The quantitative estimate of drug-likeness (QED) is 0.739. The van der Waals surface area contributed by atoms with E-state index in [1.807, 2.05) is 17.2 Å². The van der Waals surface area contributed by atoms with E-state index in [2.05, 4.69) is 33.5 Å². The number of amides is 1. The molecule has 0 radical (unpaired) electrons. The summed E-state index contributed by atoms with van der Waals surface area (Å²) in [6.45, 7) is 9.64. The fourth-order valence-corrected chi connectivity index (χ4v) is 3.79. The number of rotatable bonds is 4. The second-order valence-electron chi connectivity index (χ2n) is 6.36. The minimum Gasteiger partial charge on any atom is -0.385 e. The van der Waals surface area contributed by atoms with E-state index in [-0.39, 0.29) is 18.0 Å². The third-order valence-electron chi connectivity index (χ3n) is 5.04. The fourth-order valence-electron chi connectivity index (χ4n) is 3.79. The molecule has 0 saturated carbocycles. The van der Waals surface area contributed by atoms with Gasteiger partial charge in [-0.15, -0.1) is 0 Å². The second kappa shape index (κ2) is 6.51. The van der Waals surface area contributed by atoms with E-state index >= 15 is 0 Å². The molecule has 2 saturated heterocycles. The molecule has 0 aromatic rings. The van der Waals surface area contributed by atoms with Crippen LogP contribution in [0, 0.1) is 0 Å². The summed E-state index contributed by atoms with van der Waals surface area (Å²) in [5, 5.41) is 3.07. The standard InChI is InChI=1S/C17H24N6O/c1-3-20-16-13(5-8-21-16)15(18)22-9-4-6-17(12-22)7-10-23(17)14(24)11-19-2/h3,5,8H,1-2,4,6-7,9-12,18H2,(H,20,21)/b15-13+/t17-/m0/s1. The molecule has 3 aliphatic heterocycles. The number of aliphatic imine (C=N–C) groups is 2. The lowest BCUT2D eigenvalue weighted by molar-refractivity contribution is -0.150. The summed E-state index contributed by atoms with van der Waals surface area (Å²) in [7, 11) is 0. The Labute approximate surface area is 142 Å². The van der Waals surface area contributed by atoms with Crippen molar-refractivity contribution in [2.45, 2.75) is 24.8 Å². The van der Waals surface area contributed by atoms with Gasteiger partial charge in [-0.05, 0) is 32.1 Å². The van der Waals surface area contributed by atoms with Gasteiger partial charge in [-0.2, -0.15) is 0 Å². The maximum atomic E-state index is 12.2. The van der Waals surface area contributed by atoms with E-state index in [9.17, 15) is 4.79 Å². The molecule has 7 nitrogen and oxygen atoms in total. The molecule has 2 fully saturated rings. The van der Waals surface area contributed by atoms with Crippen LogP contribution in [0.15, 0.2) is 46.4 Å². The Morgan fingerprint density at radius 3 is 2.96 bits per heavy atom. The van der Waals surface area contributed by atoms with Crippen LogP contribution in [0.4, 0.5) is 0 Å². The van der Waals surface area contributed by atoms with Crippen LogP contribution in [-0.4, -0.2) is 60.0 Å². The number of likely N-dealkylation sites (tertiary alicyclic amines) is 2. The molecular formula is C17H24N6O. The number of amidine groups is 1. The largest absolute Gasteiger partial charge is 0.385 e. The van der Waals surface area contributed by atoms with Crippen molar-refractivity contribution in [2.24, 2.45) is 15.7 Å². The number of nitrogens with two attached hydrogens (primary N) is 1. The second-order valence-corrected chi connectivity index (χ2v) is 6.36. The summed E-state index contributed by atoms with van der Waals surface area (Å²) in [5.41, 5.74) is 7.18. The molecule has 3 N–H and O–H groups in total. The predicted molar refractivity (Wildman–Crippen MR) is 95.4 cm³/mol. The molecule has 7 heteroatoms. The van der Waals surface area contributed by atoms with Crippen molar-refractivity contribution in [1.29, 1.82) is 0 Å². The molecule has 0 aliphatic carbocycles. The third-order valence-corrected chi connectivity index (χ3v) is 5.04. The maximum absolute atomic E-state index is 12.2. The number of carbonyl (C=O) groups is 1. The highest BCUT2D eigenvalue weighted by molar-refractivity contribution is 6.04. The van der Waals surface area contributed by atoms with Crippen LogP contribution in [0.5, 0.6) is 0 Å². The van der Waals surface area contributed by atoms with Crippen LogP contribution in [0.3, 0.4) is 0 Å². The Morgan fingerprint density at radius 1 is 1.46 bits per heavy atom. The number of hydrogen-bond donors (Lipinski definition) is 2. The first kappa shape index (κ1) is 16.3. The molecule has 0 bridgehead atoms. The Balaban J connectivity index is 1.80. The lowest BCUT2D eigenvalue weighted by Crippen LogP contribution is -2.69. The maximum Gasteiger partial charge on any atom is 0.244 e. The molecule has 3 heterocycles. The molecule has 1 amide bonds. The van der Waals surface area contributed by atoms with Crippen LogP contribution < -0.4 is 11.1 Å². The number of nitrogens with zero attached hydrogens (tertiary/aromatic N) is 4. The molecule has 0 aromatic heterocycles. The first-order chi connectivity index (χ1) is 11.6. The van der Waals surface area contributed by atoms with Crippen LogP contribution in [0.2, 0.25) is 0 Å². The highest BCUT2D eigenvalue weighted by Gasteiger charge is 2.49. The van der Waals surface area contributed by atoms with Crippen molar-refractivity contribution >= 4 is 18.5 Å². The average Bonchev–Trinajstić information content (AvgIpc) is 3.02. The Hall–Kier alpha value is -2.57. The molecule has 128 valence electrons. The van der Waals surface area contributed by atoms with Crippen molar-refractivity contribution < 1.29 is 4.79 Å². The van der Waals surface area contributed by atoms with E-state index in [4.69, 9.17) is 5.73 Å². The average molecular weight is 328 g/mol. The summed E-state index contributed by atoms with van der Waals surface area (Å²) in [4.78, 5) is 24.3. The van der Waals surface area contributed by atoms with Gasteiger partial charge in [-0.1, -0.05) is 6.58 Å². The number of carbonyl (C=O) groups excluding carboxylic acids is 1. The smallest absolute Gasteiger partial charge is 0.244 e. The van der Waals surface area contributed by atoms with Gasteiger partial charge in [-0.25, -0.2) is 4.99 Å². The summed E-state index contributed by atoms with van der Waals surface area (Å²) < 4.78 is 0. The van der Waals surface area contributed by atoms with E-state index in [0.29, 0.717) is 11.7 Å². The highest BCUT2D eigenvalue weighted by Crippen LogP contribution is 2.39. The van der Waals surface area contributed by atoms with Gasteiger partial charge in [0.1, 0.15) is 18.2 Å². The number of piperidine rings is 1. The van der Waals surface area contributed by atoms with Gasteiger partial charge in [0, 0.05) is 32.0 Å². The Morgan fingerprint density at radius 2 is 2.29 bits per heavy atom. The molecule has 1 spiro atoms. The lowest BCUT2D eigenvalue weighted by atomic mass is 9.77. The summed E-state index contributed by atoms with van der Waals surface area (Å²) in [6, 6.07) is 0. The minimum absolute atomic E-state index is 0.0562. The first-order valence-corrected chi connectivity index (χ1v) is 8.21. The van der Waals surface area contributed by atoms with E-state index in [1.54, 1.807) is 0 Å². The van der Waals surface area contributed by atoms with Crippen LogP contribution in [-0.2, 0) is 4.79 Å². The van der Waals surface area contributed by atoms with Gasteiger partial charge >= 0.3 is 0 Å². The summed E-state index contributed by atoms with van der Waals surface area (Å²) in [5.74, 6) is 1.46. The van der Waals surface area contributed by atoms with Crippen LogP contribution in [0.25, 0.3) is 0 Å². The normalized spacial score (nSPS) is 29.4. The van der Waals surface area contributed by atoms with Crippen LogP contribution in [0.1, 0.15) is 19.3 Å². The molecule has 0 aromatic carbocycles. The number of nitrogens with one attached hydrogen (secondary N) is 1. The third kappa shape index (κ3) is 2.70. The Kier molecular flexibility index (Phi) is 4.42. The topological polar surface area (TPSA) is 86.3 Å². The molecule has 1 atom stereocenters. The SMILES string of the molecule is C=C/N=C1/NC=C/C1=C(/N)N1CCC[C@]2(CCN2C(=O)CN=C)C1. The van der Waals surface area contributed by atoms with Gasteiger partial charge in [0.15, 0.2) is 0 Å². The van der Waals surface area contributed by atoms with Gasteiger partial charge in [0.05, 0.1) is 11.1 Å². The van der Waals surface area contributed by atoms with E-state index < -0.39 is 0 Å². The molecular weight excluding hydrogens is 304 g/mol. The minimum atomic E-state index is -0.114. The molecule has 0 unspecified atom stereocenters. The zero-order chi connectivity index (χ0) is 17.2. The lowest BCUT2D eigenvalue weighted by Gasteiger charge is -2.57.